The molecule has 0 saturated heterocycles. The maximum Gasteiger partial charge on any atom is 0.123 e. The molecule has 3 heteroatoms. The van der Waals surface area contributed by atoms with Crippen LogP contribution in [0.5, 0.6) is 0 Å². The van der Waals surface area contributed by atoms with E-state index in [0.717, 1.165) is 25.1 Å². The average Bonchev–Trinajstić information content (AvgIpc) is 2.04. The maximum atomic E-state index is 5.68. The van der Waals surface area contributed by atoms with Crippen LogP contribution in [0.2, 0.25) is 0 Å². The second-order valence-electron chi connectivity index (χ2n) is 3.17. The second kappa shape index (κ2) is 4.82. The van der Waals surface area contributed by atoms with E-state index >= 15 is 0 Å². The fraction of sp³-hybridized carbons (Fsp3) is 0.500. The van der Waals surface area contributed by atoms with E-state index in [1.54, 1.807) is 0 Å². The maximum absolute atomic E-state index is 5.68. The van der Waals surface area contributed by atoms with Gasteiger partial charge in [0.05, 0.1) is 0 Å². The van der Waals surface area contributed by atoms with Gasteiger partial charge in [0.15, 0.2) is 0 Å². The van der Waals surface area contributed by atoms with Crippen molar-refractivity contribution in [2.45, 2.75) is 26.3 Å². The summed E-state index contributed by atoms with van der Waals surface area (Å²) in [5.41, 5.74) is 7.98. The Morgan fingerprint density at radius 2 is 2.23 bits per heavy atom. The van der Waals surface area contributed by atoms with Crippen LogP contribution in [-0.4, -0.2) is 12.0 Å². The summed E-state index contributed by atoms with van der Waals surface area (Å²) in [4.78, 5) is 4.26. The Labute approximate surface area is 79.4 Å². The fourth-order valence-electron chi connectivity index (χ4n) is 1.37. The molecule has 1 rings (SSSR count). The number of rotatable bonds is 4. The van der Waals surface area contributed by atoms with Crippen molar-refractivity contribution < 1.29 is 0 Å². The number of aryl methyl sites for hydroxylation is 1. The number of anilines is 1. The molecule has 3 nitrogen and oxygen atoms in total. The Bertz CT molecular complexity index is 247. The van der Waals surface area contributed by atoms with E-state index in [4.69, 9.17) is 5.73 Å². The first-order valence-corrected chi connectivity index (χ1v) is 4.66. The second-order valence-corrected chi connectivity index (χ2v) is 3.17. The molecule has 0 radical (unpaired) electrons. The topological polar surface area (TPSA) is 50.9 Å². The molecule has 0 aliphatic rings. The van der Waals surface area contributed by atoms with Gasteiger partial charge in [0.2, 0.25) is 0 Å². The Kier molecular flexibility index (Phi) is 3.71. The third-order valence-electron chi connectivity index (χ3n) is 1.85. The van der Waals surface area contributed by atoms with Gasteiger partial charge in [0.25, 0.3) is 0 Å². The van der Waals surface area contributed by atoms with Gasteiger partial charge in [0.1, 0.15) is 5.82 Å². The molecule has 72 valence electrons. The Morgan fingerprint density at radius 1 is 1.46 bits per heavy atom. The largest absolute Gasteiger partial charge is 0.384 e. The summed E-state index contributed by atoms with van der Waals surface area (Å²) >= 11 is 0. The lowest BCUT2D eigenvalue weighted by atomic mass is 10.1. The molecule has 0 aliphatic heterocycles. The molecule has 1 aromatic rings. The van der Waals surface area contributed by atoms with Crippen molar-refractivity contribution in [1.82, 2.24) is 10.3 Å². The average molecular weight is 179 g/mol. The number of nitrogens with zero attached hydrogens (tertiary/aromatic N) is 1. The first-order valence-electron chi connectivity index (χ1n) is 4.66. The molecule has 0 aromatic carbocycles. The molecule has 0 atom stereocenters. The molecule has 0 aliphatic carbocycles. The zero-order chi connectivity index (χ0) is 9.68. The smallest absolute Gasteiger partial charge is 0.123 e. The van der Waals surface area contributed by atoms with Crippen LogP contribution < -0.4 is 11.1 Å². The van der Waals surface area contributed by atoms with Gasteiger partial charge in [0, 0.05) is 12.2 Å². The normalized spacial score (nSPS) is 10.3. The van der Waals surface area contributed by atoms with E-state index in [1.807, 2.05) is 13.1 Å². The zero-order valence-corrected chi connectivity index (χ0v) is 8.30. The molecule has 0 amide bonds. The molecule has 0 fully saturated rings. The quantitative estimate of drug-likeness (QED) is 0.733. The number of pyridine rings is 1. The Morgan fingerprint density at radius 3 is 2.85 bits per heavy atom. The Balaban J connectivity index is 2.83. The lowest BCUT2D eigenvalue weighted by Gasteiger charge is -2.05. The van der Waals surface area contributed by atoms with Crippen molar-refractivity contribution >= 4 is 5.82 Å². The van der Waals surface area contributed by atoms with E-state index in [0.29, 0.717) is 5.82 Å². The first kappa shape index (κ1) is 9.99. The molecule has 1 heterocycles. The van der Waals surface area contributed by atoms with Gasteiger partial charge in [-0.15, -0.1) is 0 Å². The van der Waals surface area contributed by atoms with E-state index in [1.165, 1.54) is 5.56 Å². The van der Waals surface area contributed by atoms with Crippen LogP contribution in [0.15, 0.2) is 12.1 Å². The molecular formula is C10H17N3. The Hall–Kier alpha value is -1.09. The third kappa shape index (κ3) is 3.03. The molecule has 0 unspecified atom stereocenters. The van der Waals surface area contributed by atoms with Crippen molar-refractivity contribution in [1.29, 1.82) is 0 Å². The molecule has 13 heavy (non-hydrogen) atoms. The molecule has 1 aromatic heterocycles. The number of nitrogen functional groups attached to an aromatic ring is 1. The van der Waals surface area contributed by atoms with Crippen LogP contribution >= 0.6 is 0 Å². The summed E-state index contributed by atoms with van der Waals surface area (Å²) < 4.78 is 0. The van der Waals surface area contributed by atoms with Gasteiger partial charge in [-0.3, -0.25) is 0 Å². The number of hydrogen-bond donors (Lipinski definition) is 2. The molecule has 0 spiro atoms. The predicted molar refractivity (Wildman–Crippen MR) is 55.4 cm³/mol. The summed E-state index contributed by atoms with van der Waals surface area (Å²) in [7, 11) is 1.93. The van der Waals surface area contributed by atoms with Gasteiger partial charge in [-0.1, -0.05) is 13.3 Å². The van der Waals surface area contributed by atoms with Gasteiger partial charge in [-0.05, 0) is 31.2 Å². The van der Waals surface area contributed by atoms with Crippen LogP contribution in [0.1, 0.15) is 24.6 Å². The number of aromatic nitrogens is 1. The first-order chi connectivity index (χ1) is 6.26. The van der Waals surface area contributed by atoms with Crippen molar-refractivity contribution in [3.05, 3.63) is 23.4 Å². The van der Waals surface area contributed by atoms with Gasteiger partial charge < -0.3 is 11.1 Å². The fourth-order valence-corrected chi connectivity index (χ4v) is 1.37. The summed E-state index contributed by atoms with van der Waals surface area (Å²) in [5, 5.41) is 3.10. The lowest BCUT2D eigenvalue weighted by molar-refractivity contribution is 0.807. The SMILES string of the molecule is CCCc1cc(CNC)cc(N)n1. The number of nitrogens with two attached hydrogens (primary N) is 1. The van der Waals surface area contributed by atoms with E-state index in [-0.39, 0.29) is 0 Å². The van der Waals surface area contributed by atoms with Gasteiger partial charge >= 0.3 is 0 Å². The lowest BCUT2D eigenvalue weighted by Crippen LogP contribution is -2.07. The minimum atomic E-state index is 0.621. The van der Waals surface area contributed by atoms with Crippen molar-refractivity contribution in [3.8, 4) is 0 Å². The highest BCUT2D eigenvalue weighted by Gasteiger charge is 1.98. The van der Waals surface area contributed by atoms with Crippen LogP contribution in [0.4, 0.5) is 5.82 Å². The highest BCUT2D eigenvalue weighted by molar-refractivity contribution is 5.34. The number of nitrogens with one attached hydrogen (secondary N) is 1. The number of hydrogen-bond acceptors (Lipinski definition) is 3. The zero-order valence-electron chi connectivity index (χ0n) is 8.30. The van der Waals surface area contributed by atoms with E-state index < -0.39 is 0 Å². The summed E-state index contributed by atoms with van der Waals surface area (Å²) in [6.07, 6.45) is 2.11. The van der Waals surface area contributed by atoms with Crippen molar-refractivity contribution in [2.75, 3.05) is 12.8 Å². The van der Waals surface area contributed by atoms with E-state index in [2.05, 4.69) is 23.3 Å². The summed E-state index contributed by atoms with van der Waals surface area (Å²) in [5.74, 6) is 0.621. The highest BCUT2D eigenvalue weighted by atomic mass is 14.8. The van der Waals surface area contributed by atoms with Crippen molar-refractivity contribution in [2.24, 2.45) is 0 Å². The minimum absolute atomic E-state index is 0.621. The van der Waals surface area contributed by atoms with Crippen molar-refractivity contribution in [3.63, 3.8) is 0 Å². The van der Waals surface area contributed by atoms with Gasteiger partial charge in [-0.2, -0.15) is 0 Å². The van der Waals surface area contributed by atoms with Crippen LogP contribution in [0.25, 0.3) is 0 Å². The van der Waals surface area contributed by atoms with E-state index in [9.17, 15) is 0 Å². The molecule has 0 bridgehead atoms. The standard InChI is InChI=1S/C10H17N3/c1-3-4-9-5-8(7-12-2)6-10(11)13-9/h5-6,12H,3-4,7H2,1-2H3,(H2,11,13). The monoisotopic (exact) mass is 179 g/mol. The predicted octanol–water partition coefficient (Wildman–Crippen LogP) is 1.34. The highest BCUT2D eigenvalue weighted by Crippen LogP contribution is 2.09. The minimum Gasteiger partial charge on any atom is -0.384 e. The summed E-state index contributed by atoms with van der Waals surface area (Å²) in [6, 6.07) is 4.02. The third-order valence-corrected chi connectivity index (χ3v) is 1.85. The van der Waals surface area contributed by atoms with Gasteiger partial charge in [-0.25, -0.2) is 4.98 Å². The molecular weight excluding hydrogens is 162 g/mol. The van der Waals surface area contributed by atoms with Crippen LogP contribution in [0.3, 0.4) is 0 Å². The molecule has 0 saturated carbocycles. The summed E-state index contributed by atoms with van der Waals surface area (Å²) in [6.45, 7) is 2.99. The molecule has 3 N–H and O–H groups in total. The van der Waals surface area contributed by atoms with Crippen LogP contribution in [0, 0.1) is 0 Å². The van der Waals surface area contributed by atoms with Crippen LogP contribution in [-0.2, 0) is 13.0 Å².